The third-order valence-corrected chi connectivity index (χ3v) is 2.62. The highest BCUT2D eigenvalue weighted by atomic mass is 32.1. The Bertz CT molecular complexity index is 432. The van der Waals surface area contributed by atoms with Crippen molar-refractivity contribution in [2.45, 2.75) is 26.7 Å². The van der Waals surface area contributed by atoms with Crippen molar-refractivity contribution in [2.24, 2.45) is 5.10 Å². The molecule has 1 aromatic carbocycles. The van der Waals surface area contributed by atoms with E-state index >= 15 is 0 Å². The van der Waals surface area contributed by atoms with E-state index in [2.05, 4.69) is 22.8 Å². The van der Waals surface area contributed by atoms with Gasteiger partial charge in [-0.15, -0.1) is 0 Å². The van der Waals surface area contributed by atoms with Gasteiger partial charge in [0.15, 0.2) is 5.11 Å². The fourth-order valence-electron chi connectivity index (χ4n) is 1.33. The van der Waals surface area contributed by atoms with Crippen LogP contribution in [-0.4, -0.2) is 17.4 Å². The highest BCUT2D eigenvalue weighted by molar-refractivity contribution is 7.80. The van der Waals surface area contributed by atoms with E-state index in [1.807, 2.05) is 0 Å². The van der Waals surface area contributed by atoms with Crippen molar-refractivity contribution in [1.82, 2.24) is 10.7 Å². The molecule has 1 aromatic rings. The molecule has 0 fully saturated rings. The third-order valence-electron chi connectivity index (χ3n) is 2.38. The molecular weight excluding hydrogens is 249 g/mol. The summed E-state index contributed by atoms with van der Waals surface area (Å²) in [5.74, 6) is -0.273. The summed E-state index contributed by atoms with van der Waals surface area (Å²) in [6, 6.07) is 6.30. The lowest BCUT2D eigenvalue weighted by atomic mass is 10.1. The molecule has 18 heavy (non-hydrogen) atoms. The van der Waals surface area contributed by atoms with E-state index in [1.165, 1.54) is 12.1 Å². The van der Waals surface area contributed by atoms with Crippen molar-refractivity contribution in [1.29, 1.82) is 0 Å². The zero-order valence-electron chi connectivity index (χ0n) is 10.7. The molecule has 0 aliphatic rings. The Hall–Kier alpha value is -1.49. The van der Waals surface area contributed by atoms with Crippen LogP contribution in [0.3, 0.4) is 0 Å². The molecule has 0 bridgehead atoms. The Kier molecular flexibility index (Phi) is 6.28. The quantitative estimate of drug-likeness (QED) is 0.373. The molecule has 1 rings (SSSR count). The Labute approximate surface area is 112 Å². The van der Waals surface area contributed by atoms with Gasteiger partial charge in [-0.1, -0.05) is 25.5 Å². The number of nitrogens with one attached hydrogen (secondary N) is 2. The minimum Gasteiger partial charge on any atom is -0.361 e. The first-order valence-corrected chi connectivity index (χ1v) is 6.38. The van der Waals surface area contributed by atoms with Gasteiger partial charge >= 0.3 is 0 Å². The van der Waals surface area contributed by atoms with Crippen molar-refractivity contribution < 1.29 is 4.39 Å². The Morgan fingerprint density at radius 2 is 2.22 bits per heavy atom. The summed E-state index contributed by atoms with van der Waals surface area (Å²) in [6.45, 7) is 4.75. The number of hydrogen-bond acceptors (Lipinski definition) is 2. The highest BCUT2D eigenvalue weighted by Gasteiger charge is 1.99. The van der Waals surface area contributed by atoms with E-state index in [9.17, 15) is 4.39 Å². The molecule has 98 valence electrons. The average molecular weight is 267 g/mol. The number of hydrogen-bond donors (Lipinski definition) is 2. The molecule has 0 saturated carbocycles. The number of unbranched alkanes of at least 4 members (excludes halogenated alkanes) is 1. The fourth-order valence-corrected chi connectivity index (χ4v) is 1.48. The standard InChI is InChI=1S/C13H18FN3S/c1-3-4-8-15-13(18)17-16-10(2)11-6-5-7-12(14)9-11/h5-7,9H,3-4,8H2,1-2H3,(H2,15,17,18)/b16-10+. The topological polar surface area (TPSA) is 36.4 Å². The lowest BCUT2D eigenvalue weighted by Crippen LogP contribution is -2.33. The number of halogens is 1. The lowest BCUT2D eigenvalue weighted by Gasteiger charge is -2.07. The molecule has 0 aliphatic heterocycles. The maximum Gasteiger partial charge on any atom is 0.186 e. The van der Waals surface area contributed by atoms with E-state index in [0.717, 1.165) is 24.9 Å². The minimum absolute atomic E-state index is 0.273. The number of thiocarbonyl (C=S) groups is 1. The van der Waals surface area contributed by atoms with Crippen molar-refractivity contribution in [3.8, 4) is 0 Å². The van der Waals surface area contributed by atoms with E-state index in [4.69, 9.17) is 12.2 Å². The maximum atomic E-state index is 13.0. The summed E-state index contributed by atoms with van der Waals surface area (Å²) in [5.41, 5.74) is 4.17. The van der Waals surface area contributed by atoms with Gasteiger partial charge in [-0.25, -0.2) is 4.39 Å². The zero-order chi connectivity index (χ0) is 13.4. The molecule has 0 aromatic heterocycles. The van der Waals surface area contributed by atoms with Gasteiger partial charge in [0.05, 0.1) is 5.71 Å². The predicted octanol–water partition coefficient (Wildman–Crippen LogP) is 2.81. The molecule has 0 aliphatic carbocycles. The molecule has 0 saturated heterocycles. The number of benzene rings is 1. The average Bonchev–Trinajstić information content (AvgIpc) is 2.36. The van der Waals surface area contributed by atoms with Crippen LogP contribution in [0.1, 0.15) is 32.3 Å². The summed E-state index contributed by atoms with van der Waals surface area (Å²) >= 11 is 5.06. The molecule has 0 radical (unpaired) electrons. The molecule has 3 nitrogen and oxygen atoms in total. The van der Waals surface area contributed by atoms with Crippen molar-refractivity contribution in [3.05, 3.63) is 35.6 Å². The third kappa shape index (κ3) is 5.23. The molecule has 0 spiro atoms. The number of nitrogens with zero attached hydrogens (tertiary/aromatic N) is 1. The Morgan fingerprint density at radius 1 is 1.44 bits per heavy atom. The van der Waals surface area contributed by atoms with Crippen molar-refractivity contribution >= 4 is 23.0 Å². The Balaban J connectivity index is 2.49. The van der Waals surface area contributed by atoms with Gasteiger partial charge in [0.1, 0.15) is 5.82 Å². The maximum absolute atomic E-state index is 13.0. The summed E-state index contributed by atoms with van der Waals surface area (Å²) in [6.07, 6.45) is 2.18. The molecule has 5 heteroatoms. The van der Waals surface area contributed by atoms with Gasteiger partial charge in [-0.3, -0.25) is 5.43 Å². The second-order valence-corrected chi connectivity index (χ2v) is 4.34. The molecule has 2 N–H and O–H groups in total. The van der Waals surface area contributed by atoms with Gasteiger partial charge in [0, 0.05) is 12.1 Å². The van der Waals surface area contributed by atoms with E-state index in [1.54, 1.807) is 19.1 Å². The lowest BCUT2D eigenvalue weighted by molar-refractivity contribution is 0.627. The van der Waals surface area contributed by atoms with Gasteiger partial charge in [-0.2, -0.15) is 5.10 Å². The Morgan fingerprint density at radius 3 is 2.89 bits per heavy atom. The van der Waals surface area contributed by atoms with Crippen molar-refractivity contribution in [2.75, 3.05) is 6.54 Å². The van der Waals surface area contributed by atoms with Crippen LogP contribution in [0.15, 0.2) is 29.4 Å². The van der Waals surface area contributed by atoms with E-state index in [0.29, 0.717) is 10.8 Å². The van der Waals surface area contributed by atoms with E-state index in [-0.39, 0.29) is 5.82 Å². The highest BCUT2D eigenvalue weighted by Crippen LogP contribution is 2.04. The number of rotatable bonds is 5. The number of hydrazone groups is 1. The second kappa shape index (κ2) is 7.76. The molecule has 0 heterocycles. The normalized spacial score (nSPS) is 11.2. The van der Waals surface area contributed by atoms with Crippen LogP contribution in [0.5, 0.6) is 0 Å². The van der Waals surface area contributed by atoms with Crippen LogP contribution >= 0.6 is 12.2 Å². The SMILES string of the molecule is CCCCNC(=S)N/N=C(\C)c1cccc(F)c1. The van der Waals surface area contributed by atoms with Gasteiger partial charge in [-0.05, 0) is 37.7 Å². The predicted molar refractivity (Wildman–Crippen MR) is 77.3 cm³/mol. The molecular formula is C13H18FN3S. The molecule has 0 amide bonds. The first-order valence-electron chi connectivity index (χ1n) is 5.97. The molecule has 0 atom stereocenters. The van der Waals surface area contributed by atoms with Crippen LogP contribution in [-0.2, 0) is 0 Å². The van der Waals surface area contributed by atoms with Crippen LogP contribution in [0.2, 0.25) is 0 Å². The van der Waals surface area contributed by atoms with E-state index < -0.39 is 0 Å². The second-order valence-electron chi connectivity index (χ2n) is 3.93. The summed E-state index contributed by atoms with van der Waals surface area (Å²) in [5, 5.41) is 7.64. The largest absolute Gasteiger partial charge is 0.361 e. The first-order chi connectivity index (χ1) is 8.63. The minimum atomic E-state index is -0.273. The van der Waals surface area contributed by atoms with Crippen LogP contribution < -0.4 is 10.7 Å². The van der Waals surface area contributed by atoms with Gasteiger partial charge in [0.25, 0.3) is 0 Å². The summed E-state index contributed by atoms with van der Waals surface area (Å²) in [4.78, 5) is 0. The first kappa shape index (κ1) is 14.6. The van der Waals surface area contributed by atoms with Gasteiger partial charge < -0.3 is 5.32 Å². The fraction of sp³-hybridized carbons (Fsp3) is 0.385. The monoisotopic (exact) mass is 267 g/mol. The van der Waals surface area contributed by atoms with Gasteiger partial charge in [0.2, 0.25) is 0 Å². The van der Waals surface area contributed by atoms with Crippen LogP contribution in [0.4, 0.5) is 4.39 Å². The zero-order valence-corrected chi connectivity index (χ0v) is 11.5. The molecule has 0 unspecified atom stereocenters. The van der Waals surface area contributed by atoms with Crippen LogP contribution in [0.25, 0.3) is 0 Å². The summed E-state index contributed by atoms with van der Waals surface area (Å²) < 4.78 is 13.0. The van der Waals surface area contributed by atoms with Crippen LogP contribution in [0, 0.1) is 5.82 Å². The van der Waals surface area contributed by atoms with Crippen molar-refractivity contribution in [3.63, 3.8) is 0 Å². The summed E-state index contributed by atoms with van der Waals surface area (Å²) in [7, 11) is 0. The smallest absolute Gasteiger partial charge is 0.186 e.